The fourth-order valence-electron chi connectivity index (χ4n) is 3.62. The Labute approximate surface area is 191 Å². The summed E-state index contributed by atoms with van der Waals surface area (Å²) in [4.78, 5) is 12.4. The highest BCUT2D eigenvalue weighted by Crippen LogP contribution is 2.39. The van der Waals surface area contributed by atoms with Crippen LogP contribution in [0.15, 0.2) is 52.2 Å². The van der Waals surface area contributed by atoms with Gasteiger partial charge in [-0.05, 0) is 61.2 Å². The Kier molecular flexibility index (Phi) is 6.20. The lowest BCUT2D eigenvalue weighted by atomic mass is 10.0. The number of hydrogen-bond acceptors (Lipinski definition) is 7. The molecular formula is C24H23N3O5S. The highest BCUT2D eigenvalue weighted by atomic mass is 32.2. The average molecular weight is 466 g/mol. The first-order chi connectivity index (χ1) is 15.8. The topological polar surface area (TPSA) is 111 Å². The first-order valence-corrected chi connectivity index (χ1v) is 12.3. The second kappa shape index (κ2) is 9.08. The normalized spacial score (nSPS) is 13.6. The van der Waals surface area contributed by atoms with Crippen molar-refractivity contribution in [3.8, 4) is 34.6 Å². The van der Waals surface area contributed by atoms with Crippen molar-refractivity contribution in [3.63, 3.8) is 0 Å². The largest absolute Gasteiger partial charge is 0.491 e. The molecule has 1 aliphatic rings. The molecule has 1 aromatic heterocycles. The number of fused-ring (bicyclic) bond motifs is 4. The highest BCUT2D eigenvalue weighted by Gasteiger charge is 2.22. The van der Waals surface area contributed by atoms with Crippen molar-refractivity contribution in [3.05, 3.63) is 63.9 Å². The van der Waals surface area contributed by atoms with Crippen LogP contribution in [-0.4, -0.2) is 30.6 Å². The molecule has 1 aliphatic heterocycles. The molecule has 2 heterocycles. The molecular weight excluding hydrogens is 442 g/mol. The van der Waals surface area contributed by atoms with E-state index in [1.54, 1.807) is 31.2 Å². The van der Waals surface area contributed by atoms with Crippen LogP contribution in [0.25, 0.3) is 11.3 Å². The number of benzene rings is 2. The predicted molar refractivity (Wildman–Crippen MR) is 122 cm³/mol. The molecule has 0 spiro atoms. The summed E-state index contributed by atoms with van der Waals surface area (Å²) in [6, 6.07) is 13.3. The minimum absolute atomic E-state index is 0.0591. The molecule has 3 aromatic rings. The second-order valence-electron chi connectivity index (χ2n) is 7.72. The second-order valence-corrected chi connectivity index (χ2v) is 10.0. The van der Waals surface area contributed by atoms with Crippen LogP contribution in [0, 0.1) is 11.3 Å². The molecule has 33 heavy (non-hydrogen) atoms. The van der Waals surface area contributed by atoms with Crippen molar-refractivity contribution in [1.29, 1.82) is 5.26 Å². The molecule has 0 unspecified atom stereocenters. The molecule has 4 rings (SSSR count). The van der Waals surface area contributed by atoms with E-state index in [4.69, 9.17) is 9.47 Å². The Balaban J connectivity index is 1.98. The molecule has 0 bridgehead atoms. The quantitative estimate of drug-likeness (QED) is 0.568. The standard InChI is InChI=1S/C24H23N3O5S/c1-3-33(29,30)18-8-10-21-19(13-18)24-22(14-23(28)27(2)26-24)31-11-5-4-6-17-12-16(15-25)7-9-20(17)32-21/h7-10,12-14H,3-6,11H2,1-2H3. The molecule has 0 aliphatic carbocycles. The van der Waals surface area contributed by atoms with Gasteiger partial charge in [0.1, 0.15) is 17.2 Å². The van der Waals surface area contributed by atoms with Gasteiger partial charge in [-0.2, -0.15) is 10.4 Å². The van der Waals surface area contributed by atoms with E-state index >= 15 is 0 Å². The van der Waals surface area contributed by atoms with Crippen LogP contribution in [0.2, 0.25) is 0 Å². The maximum absolute atomic E-state index is 12.6. The minimum Gasteiger partial charge on any atom is -0.491 e. The van der Waals surface area contributed by atoms with Crippen molar-refractivity contribution in [2.45, 2.75) is 31.1 Å². The van der Waals surface area contributed by atoms with Gasteiger partial charge in [0.2, 0.25) is 0 Å². The van der Waals surface area contributed by atoms with Gasteiger partial charge < -0.3 is 9.47 Å². The SMILES string of the molecule is CCS(=O)(=O)c1ccc2c(c1)-c1nn(C)c(=O)cc1OCCCCc1cc(C#N)ccc1O2. The lowest BCUT2D eigenvalue weighted by Gasteiger charge is -2.19. The molecule has 0 N–H and O–H groups in total. The van der Waals surface area contributed by atoms with Gasteiger partial charge in [-0.15, -0.1) is 0 Å². The molecule has 0 atom stereocenters. The van der Waals surface area contributed by atoms with E-state index < -0.39 is 9.84 Å². The number of ether oxygens (including phenoxy) is 2. The fourth-order valence-corrected chi connectivity index (χ4v) is 4.53. The number of nitriles is 1. The lowest BCUT2D eigenvalue weighted by Crippen LogP contribution is -2.20. The van der Waals surface area contributed by atoms with Crippen LogP contribution in [0.5, 0.6) is 17.2 Å². The van der Waals surface area contributed by atoms with Crippen LogP contribution in [0.1, 0.15) is 30.9 Å². The van der Waals surface area contributed by atoms with Gasteiger partial charge in [0.05, 0.1) is 28.9 Å². The van der Waals surface area contributed by atoms with E-state index in [1.807, 2.05) is 0 Å². The molecule has 0 saturated heterocycles. The van der Waals surface area contributed by atoms with E-state index in [0.717, 1.165) is 12.0 Å². The third-order valence-corrected chi connectivity index (χ3v) is 7.24. The van der Waals surface area contributed by atoms with E-state index in [-0.39, 0.29) is 22.0 Å². The Morgan fingerprint density at radius 2 is 1.88 bits per heavy atom. The van der Waals surface area contributed by atoms with Crippen LogP contribution in [0.3, 0.4) is 0 Å². The molecule has 170 valence electrons. The molecule has 9 heteroatoms. The van der Waals surface area contributed by atoms with E-state index in [2.05, 4.69) is 11.2 Å². The zero-order chi connectivity index (χ0) is 23.6. The van der Waals surface area contributed by atoms with Gasteiger partial charge >= 0.3 is 0 Å². The van der Waals surface area contributed by atoms with Gasteiger partial charge in [-0.25, -0.2) is 13.1 Å². The Hall–Kier alpha value is -3.64. The summed E-state index contributed by atoms with van der Waals surface area (Å²) in [6.07, 6.45) is 2.18. The van der Waals surface area contributed by atoms with Gasteiger partial charge in [0.15, 0.2) is 15.6 Å². The number of sulfone groups is 1. The predicted octanol–water partition coefficient (Wildman–Crippen LogP) is 3.62. The first kappa shape index (κ1) is 22.6. The Morgan fingerprint density at radius 3 is 2.64 bits per heavy atom. The number of hydrogen-bond donors (Lipinski definition) is 0. The summed E-state index contributed by atoms with van der Waals surface area (Å²) < 4.78 is 38.5. The summed E-state index contributed by atoms with van der Waals surface area (Å²) in [5.41, 5.74) is 1.78. The molecule has 0 amide bonds. The van der Waals surface area contributed by atoms with Gasteiger partial charge in [0.25, 0.3) is 5.56 Å². The van der Waals surface area contributed by atoms with Crippen LogP contribution < -0.4 is 15.0 Å². The first-order valence-electron chi connectivity index (χ1n) is 10.6. The van der Waals surface area contributed by atoms with E-state index in [9.17, 15) is 18.5 Å². The van der Waals surface area contributed by atoms with Crippen molar-refractivity contribution in [1.82, 2.24) is 9.78 Å². The monoisotopic (exact) mass is 465 g/mol. The molecule has 8 nitrogen and oxygen atoms in total. The van der Waals surface area contributed by atoms with Gasteiger partial charge in [-0.1, -0.05) is 6.92 Å². The zero-order valence-electron chi connectivity index (χ0n) is 18.4. The van der Waals surface area contributed by atoms with E-state index in [0.29, 0.717) is 47.8 Å². The lowest BCUT2D eigenvalue weighted by molar-refractivity contribution is 0.304. The van der Waals surface area contributed by atoms with Crippen molar-refractivity contribution in [2.75, 3.05) is 12.4 Å². The number of aromatic nitrogens is 2. The summed E-state index contributed by atoms with van der Waals surface area (Å²) in [5, 5.41) is 13.7. The third kappa shape index (κ3) is 4.61. The van der Waals surface area contributed by atoms with Crippen LogP contribution in [-0.2, 0) is 23.3 Å². The van der Waals surface area contributed by atoms with Crippen LogP contribution in [0.4, 0.5) is 0 Å². The Morgan fingerprint density at radius 1 is 1.09 bits per heavy atom. The van der Waals surface area contributed by atoms with Crippen molar-refractivity contribution < 1.29 is 17.9 Å². The number of rotatable bonds is 2. The zero-order valence-corrected chi connectivity index (χ0v) is 19.2. The summed E-state index contributed by atoms with van der Waals surface area (Å²) >= 11 is 0. The van der Waals surface area contributed by atoms with Gasteiger partial charge in [0, 0.05) is 18.7 Å². The fraction of sp³-hybridized carbons (Fsp3) is 0.292. The summed E-state index contributed by atoms with van der Waals surface area (Å²) in [6.45, 7) is 1.94. The highest BCUT2D eigenvalue weighted by molar-refractivity contribution is 7.91. The summed E-state index contributed by atoms with van der Waals surface area (Å²) in [5.74, 6) is 1.16. The average Bonchev–Trinajstić information content (AvgIpc) is 2.81. The third-order valence-electron chi connectivity index (χ3n) is 5.51. The molecule has 2 aromatic carbocycles. The minimum atomic E-state index is -3.50. The number of aryl methyl sites for hydroxylation is 2. The van der Waals surface area contributed by atoms with Crippen molar-refractivity contribution >= 4 is 9.84 Å². The van der Waals surface area contributed by atoms with Crippen molar-refractivity contribution in [2.24, 2.45) is 7.05 Å². The van der Waals surface area contributed by atoms with Gasteiger partial charge in [-0.3, -0.25) is 4.79 Å². The van der Waals surface area contributed by atoms with E-state index in [1.165, 1.54) is 29.9 Å². The Bertz CT molecular complexity index is 1420. The molecule has 0 radical (unpaired) electrons. The number of nitrogens with zero attached hydrogens (tertiary/aromatic N) is 3. The molecule has 0 saturated carbocycles. The summed E-state index contributed by atoms with van der Waals surface area (Å²) in [7, 11) is -1.98. The maximum atomic E-state index is 12.6. The van der Waals surface area contributed by atoms with Crippen LogP contribution >= 0.6 is 0 Å². The smallest absolute Gasteiger partial charge is 0.270 e. The maximum Gasteiger partial charge on any atom is 0.270 e. The molecule has 0 fully saturated rings.